The van der Waals surface area contributed by atoms with Gasteiger partial charge in [-0.05, 0) is 0 Å². The Bertz CT molecular complexity index is 529. The third-order valence-corrected chi connectivity index (χ3v) is 3.25. The van der Waals surface area contributed by atoms with Crippen molar-refractivity contribution in [2.75, 3.05) is 0 Å². The monoisotopic (exact) mass is 264 g/mol. The fraction of sp³-hybridized carbons (Fsp3) is 0. The van der Waals surface area contributed by atoms with Gasteiger partial charge in [-0.15, -0.1) is 0 Å². The minimum Gasteiger partial charge on any atom is -0.519 e. The molecule has 1 heterocycles. The fourth-order valence-electron chi connectivity index (χ4n) is 1.70. The predicted octanol–water partition coefficient (Wildman–Crippen LogP) is 3.16. The second-order valence-electron chi connectivity index (χ2n) is 3.69. The summed E-state index contributed by atoms with van der Waals surface area (Å²) in [6.45, 7) is 0. The molecule has 2 nitrogen and oxygen atoms in total. The normalized spacial score (nSPS) is 12.9. The smallest absolute Gasteiger partial charge is 0.519 e. The van der Waals surface area contributed by atoms with Crippen molar-refractivity contribution in [1.29, 1.82) is 0 Å². The molecule has 2 aromatic rings. The Balaban J connectivity index is 1.93. The Morgan fingerprint density at radius 3 is 1.88 bits per heavy atom. The van der Waals surface area contributed by atoms with Crippen LogP contribution in [0, 0.1) is 0 Å². The van der Waals surface area contributed by atoms with E-state index < -0.39 is 7.12 Å². The maximum absolute atomic E-state index is 5.92. The van der Waals surface area contributed by atoms with Crippen LogP contribution in [0.3, 0.4) is 0 Å². The lowest BCUT2D eigenvalue weighted by molar-refractivity contribution is 0.519. The summed E-state index contributed by atoms with van der Waals surface area (Å²) in [5.74, 6) is 1.24. The minimum atomic E-state index is -0.430. The van der Waals surface area contributed by atoms with Crippen molar-refractivity contribution >= 4 is 35.8 Å². The number of hydrogen-bond acceptors (Lipinski definition) is 2. The van der Waals surface area contributed by atoms with Crippen LogP contribution in [0.25, 0.3) is 0 Å². The van der Waals surface area contributed by atoms with Crippen LogP contribution in [0.5, 0.6) is 11.5 Å². The number of rotatable bonds is 1. The Morgan fingerprint density at radius 2 is 1.35 bits per heavy atom. The third kappa shape index (κ3) is 1.96. The van der Waals surface area contributed by atoms with E-state index in [0.717, 1.165) is 5.46 Å². The first-order valence-corrected chi connectivity index (χ1v) is 5.87. The zero-order valence-corrected chi connectivity index (χ0v) is 10.2. The summed E-state index contributed by atoms with van der Waals surface area (Å²) >= 11 is 11.8. The summed E-state index contributed by atoms with van der Waals surface area (Å²) in [6.07, 6.45) is 0. The molecule has 0 amide bonds. The largest absolute Gasteiger partial charge is 0.632 e. The van der Waals surface area contributed by atoms with Gasteiger partial charge in [-0.2, -0.15) is 0 Å². The summed E-state index contributed by atoms with van der Waals surface area (Å²) in [5.41, 5.74) is 0.955. The van der Waals surface area contributed by atoms with Crippen molar-refractivity contribution in [3.8, 4) is 11.5 Å². The van der Waals surface area contributed by atoms with E-state index in [1.807, 2.05) is 30.3 Å². The average molecular weight is 265 g/mol. The van der Waals surface area contributed by atoms with Crippen LogP contribution < -0.4 is 14.8 Å². The molecule has 2 aromatic carbocycles. The molecule has 17 heavy (non-hydrogen) atoms. The van der Waals surface area contributed by atoms with Gasteiger partial charge in [0.25, 0.3) is 0 Å². The highest BCUT2D eigenvalue weighted by Crippen LogP contribution is 2.39. The van der Waals surface area contributed by atoms with E-state index >= 15 is 0 Å². The molecule has 0 bridgehead atoms. The van der Waals surface area contributed by atoms with Gasteiger partial charge in [-0.25, -0.2) is 0 Å². The molecule has 3 rings (SSSR count). The van der Waals surface area contributed by atoms with E-state index in [-0.39, 0.29) is 0 Å². The van der Waals surface area contributed by atoms with Crippen LogP contribution >= 0.6 is 23.2 Å². The summed E-state index contributed by atoms with van der Waals surface area (Å²) in [6, 6.07) is 13.0. The zero-order chi connectivity index (χ0) is 11.8. The molecule has 0 spiro atoms. The standard InChI is InChI=1S/C12H7BCl2O2/c14-9-6-11-12(7-10(9)15)17-13(16-11)8-4-2-1-3-5-8/h1-7H. The van der Waals surface area contributed by atoms with Gasteiger partial charge in [0.05, 0.1) is 10.0 Å². The second kappa shape index (κ2) is 4.17. The second-order valence-corrected chi connectivity index (χ2v) is 4.51. The maximum atomic E-state index is 5.92. The molecule has 0 N–H and O–H groups in total. The summed E-state index contributed by atoms with van der Waals surface area (Å²) in [5, 5.41) is 0.922. The first-order chi connectivity index (χ1) is 8.24. The molecule has 0 fully saturated rings. The quantitative estimate of drug-likeness (QED) is 0.737. The third-order valence-electron chi connectivity index (χ3n) is 2.53. The Kier molecular flexibility index (Phi) is 2.65. The first kappa shape index (κ1) is 10.8. The lowest BCUT2D eigenvalue weighted by atomic mass is 9.79. The summed E-state index contributed by atoms with van der Waals surface area (Å²) in [7, 11) is -0.430. The lowest BCUT2D eigenvalue weighted by Crippen LogP contribution is -2.38. The van der Waals surface area contributed by atoms with Crippen LogP contribution in [0.15, 0.2) is 42.5 Å². The highest BCUT2D eigenvalue weighted by Gasteiger charge is 2.34. The maximum Gasteiger partial charge on any atom is 0.632 e. The molecule has 0 unspecified atom stereocenters. The highest BCUT2D eigenvalue weighted by atomic mass is 35.5. The minimum absolute atomic E-state index is 0.430. The molecule has 84 valence electrons. The van der Waals surface area contributed by atoms with E-state index in [1.165, 1.54) is 0 Å². The van der Waals surface area contributed by atoms with Crippen molar-refractivity contribution in [3.63, 3.8) is 0 Å². The summed E-state index contributed by atoms with van der Waals surface area (Å²) < 4.78 is 11.3. The van der Waals surface area contributed by atoms with Crippen LogP contribution in [0.2, 0.25) is 10.0 Å². The van der Waals surface area contributed by atoms with Gasteiger partial charge in [0.15, 0.2) is 0 Å². The molecule has 0 aromatic heterocycles. The number of benzene rings is 2. The predicted molar refractivity (Wildman–Crippen MR) is 69.5 cm³/mol. The van der Waals surface area contributed by atoms with E-state index in [0.29, 0.717) is 21.5 Å². The molecular weight excluding hydrogens is 258 g/mol. The van der Waals surface area contributed by atoms with Gasteiger partial charge in [0, 0.05) is 17.6 Å². The molecule has 0 saturated carbocycles. The van der Waals surface area contributed by atoms with Crippen molar-refractivity contribution in [1.82, 2.24) is 0 Å². The molecule has 0 saturated heterocycles. The van der Waals surface area contributed by atoms with Crippen molar-refractivity contribution < 1.29 is 9.31 Å². The fourth-order valence-corrected chi connectivity index (χ4v) is 2.00. The van der Waals surface area contributed by atoms with Crippen molar-refractivity contribution in [2.24, 2.45) is 0 Å². The molecular formula is C12H7BCl2O2. The lowest BCUT2D eigenvalue weighted by Gasteiger charge is -2.03. The van der Waals surface area contributed by atoms with Crippen LogP contribution in [0.1, 0.15) is 0 Å². The van der Waals surface area contributed by atoms with Gasteiger partial charge in [-0.1, -0.05) is 53.5 Å². The molecule has 0 atom stereocenters. The van der Waals surface area contributed by atoms with Crippen LogP contribution in [-0.4, -0.2) is 7.12 Å². The highest BCUT2D eigenvalue weighted by molar-refractivity contribution is 6.63. The molecule has 0 aliphatic carbocycles. The number of halogens is 2. The molecule has 1 aliphatic heterocycles. The van der Waals surface area contributed by atoms with E-state index in [4.69, 9.17) is 32.5 Å². The Hall–Kier alpha value is -1.32. The van der Waals surface area contributed by atoms with E-state index in [9.17, 15) is 0 Å². The molecule has 1 aliphatic rings. The van der Waals surface area contributed by atoms with Gasteiger partial charge in [0.2, 0.25) is 0 Å². The van der Waals surface area contributed by atoms with Gasteiger partial charge in [-0.3, -0.25) is 0 Å². The van der Waals surface area contributed by atoms with Crippen molar-refractivity contribution in [2.45, 2.75) is 0 Å². The van der Waals surface area contributed by atoms with Crippen LogP contribution in [-0.2, 0) is 0 Å². The van der Waals surface area contributed by atoms with Crippen molar-refractivity contribution in [3.05, 3.63) is 52.5 Å². The topological polar surface area (TPSA) is 18.5 Å². The average Bonchev–Trinajstić information content (AvgIpc) is 2.74. The van der Waals surface area contributed by atoms with Gasteiger partial charge < -0.3 is 9.31 Å². The molecule has 0 radical (unpaired) electrons. The zero-order valence-electron chi connectivity index (χ0n) is 8.69. The Morgan fingerprint density at radius 1 is 0.824 bits per heavy atom. The van der Waals surface area contributed by atoms with Crippen LogP contribution in [0.4, 0.5) is 0 Å². The van der Waals surface area contributed by atoms with E-state index in [1.54, 1.807) is 12.1 Å². The Labute approximate surface area is 109 Å². The SMILES string of the molecule is Clc1cc2c(cc1Cl)OB(c1ccccc1)O2. The first-order valence-electron chi connectivity index (χ1n) is 5.11. The van der Waals surface area contributed by atoms with Gasteiger partial charge in [0.1, 0.15) is 11.5 Å². The number of hydrogen-bond donors (Lipinski definition) is 0. The number of fused-ring (bicyclic) bond motifs is 1. The van der Waals surface area contributed by atoms with Gasteiger partial charge >= 0.3 is 7.12 Å². The molecule has 5 heteroatoms. The summed E-state index contributed by atoms with van der Waals surface area (Å²) in [4.78, 5) is 0. The van der Waals surface area contributed by atoms with E-state index in [2.05, 4.69) is 0 Å².